The molecule has 0 unspecified atom stereocenters. The van der Waals surface area contributed by atoms with Crippen LogP contribution in [0.4, 0.5) is 0 Å². The summed E-state index contributed by atoms with van der Waals surface area (Å²) in [6.07, 6.45) is -19.9. The molecule has 0 aromatic heterocycles. The van der Waals surface area contributed by atoms with Crippen LogP contribution in [0.2, 0.25) is 0 Å². The minimum absolute atomic E-state index is 0.503. The summed E-state index contributed by atoms with van der Waals surface area (Å²) in [6, 6.07) is -2.41. The summed E-state index contributed by atoms with van der Waals surface area (Å²) in [7, 11) is 0. The highest BCUT2D eigenvalue weighted by molar-refractivity contribution is 5.73. The molecular formula is C22H38N2O15. The molecule has 226 valence electrons. The molecule has 0 aromatic carbocycles. The minimum Gasteiger partial charge on any atom is -0.394 e. The molecule has 0 aromatic rings. The van der Waals surface area contributed by atoms with Crippen LogP contribution < -0.4 is 10.6 Å². The van der Waals surface area contributed by atoms with Gasteiger partial charge in [-0.15, -0.1) is 0 Å². The molecule has 0 radical (unpaired) electrons. The zero-order chi connectivity index (χ0) is 29.2. The van der Waals surface area contributed by atoms with Gasteiger partial charge in [-0.05, 0) is 6.92 Å². The number of nitrogens with one attached hydrogen (secondary N) is 2. The third-order valence-corrected chi connectivity index (χ3v) is 6.85. The molecule has 3 heterocycles. The SMILES string of the molecule is CC(=O)N[C@H]1[C@H](O[C@@H]2[C@@H](OC[C@H]3O[C@@H](O)[C@H](O)[C@@H](O)[C@@H]3O)O[C@H](C)[C@@H](NC(C)=O)[C@@H]2O)O[C@H](CO)[C@@H](O)[C@@H]1O. The van der Waals surface area contributed by atoms with Crippen LogP contribution in [0.25, 0.3) is 0 Å². The molecule has 0 aliphatic carbocycles. The van der Waals surface area contributed by atoms with Crippen molar-refractivity contribution < 1.29 is 74.1 Å². The molecule has 0 spiro atoms. The smallest absolute Gasteiger partial charge is 0.217 e. The lowest BCUT2D eigenvalue weighted by Crippen LogP contribution is -2.68. The van der Waals surface area contributed by atoms with Crippen LogP contribution in [0.15, 0.2) is 0 Å². The van der Waals surface area contributed by atoms with Gasteiger partial charge >= 0.3 is 0 Å². The summed E-state index contributed by atoms with van der Waals surface area (Å²) in [4.78, 5) is 23.5. The first-order valence-electron chi connectivity index (χ1n) is 12.4. The molecule has 2 amide bonds. The Morgan fingerprint density at radius 2 is 1.31 bits per heavy atom. The Labute approximate surface area is 223 Å². The quantitative estimate of drug-likeness (QED) is 0.130. The van der Waals surface area contributed by atoms with E-state index in [0.29, 0.717) is 0 Å². The summed E-state index contributed by atoms with van der Waals surface area (Å²) < 4.78 is 28.0. The summed E-state index contributed by atoms with van der Waals surface area (Å²) in [5.74, 6) is -1.12. The first kappa shape index (κ1) is 31.9. The van der Waals surface area contributed by atoms with Gasteiger partial charge in [0.1, 0.15) is 61.0 Å². The largest absolute Gasteiger partial charge is 0.394 e. The normalized spacial score (nSPS) is 46.9. The fourth-order valence-electron chi connectivity index (χ4n) is 4.73. The number of aliphatic hydroxyl groups is 8. The van der Waals surface area contributed by atoms with Gasteiger partial charge < -0.3 is 75.2 Å². The van der Waals surface area contributed by atoms with Gasteiger partial charge in [-0.3, -0.25) is 9.59 Å². The molecule has 3 aliphatic heterocycles. The number of ether oxygens (including phenoxy) is 5. The van der Waals surface area contributed by atoms with Gasteiger partial charge in [-0.1, -0.05) is 0 Å². The van der Waals surface area contributed by atoms with Crippen LogP contribution in [0.1, 0.15) is 20.8 Å². The van der Waals surface area contributed by atoms with Crippen LogP contribution in [-0.2, 0) is 33.3 Å². The third kappa shape index (κ3) is 7.20. The van der Waals surface area contributed by atoms with Crippen molar-refractivity contribution in [2.45, 2.75) is 113 Å². The van der Waals surface area contributed by atoms with E-state index in [9.17, 15) is 50.4 Å². The average molecular weight is 571 g/mol. The van der Waals surface area contributed by atoms with Gasteiger partial charge in [-0.25, -0.2) is 0 Å². The van der Waals surface area contributed by atoms with Crippen molar-refractivity contribution in [2.75, 3.05) is 13.2 Å². The monoisotopic (exact) mass is 570 g/mol. The standard InChI is InChI=1S/C22H38N2O15/c1-6-11(23-7(2)26)16(31)19(22(36-6)35-5-10-14(29)17(32)18(33)20(34)37-10)39-21-12(24-8(3)27)15(30)13(28)9(4-25)38-21/h6,9-22,25,28-34H,4-5H2,1-3H3,(H,23,26)(H,24,27)/t6-,9-,10-,11-,12-,13-,14-,15-,16+,17+,18-,19+,20-,21+,22+/m1/s1. The molecule has 15 atom stereocenters. The fraction of sp³-hybridized carbons (Fsp3) is 0.909. The van der Waals surface area contributed by atoms with Crippen molar-refractivity contribution >= 4 is 11.8 Å². The molecule has 0 saturated carbocycles. The molecular weight excluding hydrogens is 532 g/mol. The second kappa shape index (κ2) is 13.4. The molecule has 3 fully saturated rings. The molecule has 3 saturated heterocycles. The Morgan fingerprint density at radius 3 is 1.90 bits per heavy atom. The average Bonchev–Trinajstić information content (AvgIpc) is 2.87. The third-order valence-electron chi connectivity index (χ3n) is 6.85. The Balaban J connectivity index is 1.84. The predicted molar refractivity (Wildman–Crippen MR) is 123 cm³/mol. The topological polar surface area (TPSA) is 266 Å². The maximum atomic E-state index is 11.8. The van der Waals surface area contributed by atoms with E-state index in [4.69, 9.17) is 23.7 Å². The molecule has 39 heavy (non-hydrogen) atoms. The number of hydrogen-bond acceptors (Lipinski definition) is 15. The highest BCUT2D eigenvalue weighted by atomic mass is 16.8. The van der Waals surface area contributed by atoms with E-state index in [2.05, 4.69) is 10.6 Å². The van der Waals surface area contributed by atoms with E-state index in [1.807, 2.05) is 0 Å². The highest BCUT2D eigenvalue weighted by Gasteiger charge is 2.52. The lowest BCUT2D eigenvalue weighted by molar-refractivity contribution is -0.350. The maximum Gasteiger partial charge on any atom is 0.217 e. The second-order valence-electron chi connectivity index (χ2n) is 9.83. The molecule has 17 nitrogen and oxygen atoms in total. The lowest BCUT2D eigenvalue weighted by atomic mass is 9.94. The van der Waals surface area contributed by atoms with Crippen molar-refractivity contribution in [3.05, 3.63) is 0 Å². The molecule has 10 N–H and O–H groups in total. The summed E-state index contributed by atoms with van der Waals surface area (Å²) >= 11 is 0. The van der Waals surface area contributed by atoms with E-state index in [1.54, 1.807) is 0 Å². The van der Waals surface area contributed by atoms with Gasteiger partial charge in [-0.2, -0.15) is 0 Å². The minimum atomic E-state index is -1.83. The number of hydrogen-bond donors (Lipinski definition) is 10. The fourth-order valence-corrected chi connectivity index (χ4v) is 4.73. The molecule has 3 rings (SSSR count). The van der Waals surface area contributed by atoms with Crippen LogP contribution in [0, 0.1) is 0 Å². The van der Waals surface area contributed by atoms with Gasteiger partial charge in [0.25, 0.3) is 0 Å². The number of amides is 2. The van der Waals surface area contributed by atoms with Crippen molar-refractivity contribution in [2.24, 2.45) is 0 Å². The maximum absolute atomic E-state index is 11.8. The second-order valence-corrected chi connectivity index (χ2v) is 9.83. The summed E-state index contributed by atoms with van der Waals surface area (Å²) in [5.41, 5.74) is 0. The summed E-state index contributed by atoms with van der Waals surface area (Å²) in [6.45, 7) is 2.60. The lowest BCUT2D eigenvalue weighted by Gasteiger charge is -2.48. The Hall–Kier alpha value is -1.58. The Morgan fingerprint density at radius 1 is 0.718 bits per heavy atom. The Kier molecular flexibility index (Phi) is 11.0. The van der Waals surface area contributed by atoms with E-state index in [0.717, 1.165) is 6.92 Å². The molecule has 3 aliphatic rings. The first-order chi connectivity index (χ1) is 18.3. The van der Waals surface area contributed by atoms with Crippen molar-refractivity contribution in [1.29, 1.82) is 0 Å². The van der Waals surface area contributed by atoms with E-state index < -0.39 is 117 Å². The molecule has 0 bridgehead atoms. The van der Waals surface area contributed by atoms with Crippen molar-refractivity contribution in [3.8, 4) is 0 Å². The van der Waals surface area contributed by atoms with Crippen molar-refractivity contribution in [1.82, 2.24) is 10.6 Å². The van der Waals surface area contributed by atoms with Crippen LogP contribution in [-0.4, -0.2) is 158 Å². The van der Waals surface area contributed by atoms with Gasteiger partial charge in [0.2, 0.25) is 11.8 Å². The van der Waals surface area contributed by atoms with Crippen LogP contribution >= 0.6 is 0 Å². The van der Waals surface area contributed by atoms with E-state index >= 15 is 0 Å². The first-order valence-corrected chi connectivity index (χ1v) is 12.4. The van der Waals surface area contributed by atoms with E-state index in [-0.39, 0.29) is 0 Å². The Bertz CT molecular complexity index is 837. The van der Waals surface area contributed by atoms with Gasteiger partial charge in [0.05, 0.1) is 25.4 Å². The van der Waals surface area contributed by atoms with Crippen LogP contribution in [0.5, 0.6) is 0 Å². The van der Waals surface area contributed by atoms with E-state index in [1.165, 1.54) is 13.8 Å². The number of carbonyl (C=O) groups is 2. The van der Waals surface area contributed by atoms with Crippen LogP contribution in [0.3, 0.4) is 0 Å². The number of carbonyl (C=O) groups excluding carboxylic acids is 2. The van der Waals surface area contributed by atoms with Crippen molar-refractivity contribution in [3.63, 3.8) is 0 Å². The number of aliphatic hydroxyl groups excluding tert-OH is 8. The zero-order valence-electron chi connectivity index (χ0n) is 21.5. The van der Waals surface area contributed by atoms with Gasteiger partial charge in [0, 0.05) is 13.8 Å². The molecule has 17 heteroatoms. The van der Waals surface area contributed by atoms with Gasteiger partial charge in [0.15, 0.2) is 18.9 Å². The predicted octanol–water partition coefficient (Wildman–Crippen LogP) is -6.26. The summed E-state index contributed by atoms with van der Waals surface area (Å²) in [5, 5.41) is 86.1. The zero-order valence-corrected chi connectivity index (χ0v) is 21.5. The highest BCUT2D eigenvalue weighted by Crippen LogP contribution is 2.30. The number of rotatable bonds is 8.